The summed E-state index contributed by atoms with van der Waals surface area (Å²) < 4.78 is 6.53. The van der Waals surface area contributed by atoms with Crippen LogP contribution < -0.4 is 5.32 Å². The van der Waals surface area contributed by atoms with E-state index in [4.69, 9.17) is 16.3 Å². The Bertz CT molecular complexity index is 825. The lowest BCUT2D eigenvalue weighted by Crippen LogP contribution is -2.39. The van der Waals surface area contributed by atoms with Crippen LogP contribution in [0.2, 0.25) is 5.02 Å². The highest BCUT2D eigenvalue weighted by molar-refractivity contribution is 6.31. The average Bonchev–Trinajstić information content (AvgIpc) is 3.34. The van der Waals surface area contributed by atoms with Gasteiger partial charge < -0.3 is 15.0 Å². The van der Waals surface area contributed by atoms with Gasteiger partial charge in [-0.25, -0.2) is 4.68 Å². The molecule has 8 nitrogen and oxygen atoms in total. The molecule has 2 amide bonds. The van der Waals surface area contributed by atoms with Crippen molar-refractivity contribution in [2.45, 2.75) is 31.8 Å². The summed E-state index contributed by atoms with van der Waals surface area (Å²) >= 11 is 6.18. The zero-order valence-corrected chi connectivity index (χ0v) is 16.6. The van der Waals surface area contributed by atoms with Crippen molar-refractivity contribution >= 4 is 23.4 Å². The fourth-order valence-corrected chi connectivity index (χ4v) is 3.53. The Hall–Kier alpha value is -2.45. The Kier molecular flexibility index (Phi) is 7.00. The number of likely N-dealkylation sites (tertiary alicyclic amines) is 1. The number of nitrogens with zero attached hydrogens (tertiary/aromatic N) is 4. The molecule has 3 rings (SSSR count). The molecular formula is C19H24ClN5O3. The molecule has 0 unspecified atom stereocenters. The highest BCUT2D eigenvalue weighted by atomic mass is 35.5. The van der Waals surface area contributed by atoms with Gasteiger partial charge in [0.15, 0.2) is 5.69 Å². The molecule has 0 aliphatic carbocycles. The second kappa shape index (κ2) is 9.66. The highest BCUT2D eigenvalue weighted by Crippen LogP contribution is 2.22. The Labute approximate surface area is 168 Å². The van der Waals surface area contributed by atoms with Gasteiger partial charge in [-0.15, -0.1) is 5.10 Å². The van der Waals surface area contributed by atoms with Crippen molar-refractivity contribution in [3.8, 4) is 0 Å². The molecule has 1 atom stereocenters. The van der Waals surface area contributed by atoms with Gasteiger partial charge in [0.1, 0.15) is 0 Å². The number of rotatable bonds is 8. The molecule has 2 aromatic rings. The van der Waals surface area contributed by atoms with Crippen LogP contribution in [0.15, 0.2) is 30.5 Å². The standard InChI is InChI=1S/C19H24ClN5O3/c1-28-10-8-21-19(27)17-13-24(23-22-17)12-15-6-4-9-25(15)18(26)11-14-5-2-3-7-16(14)20/h2-3,5,7,13,15H,4,6,8-12H2,1H3,(H,21,27)/t15-/m0/s1. The second-order valence-corrected chi connectivity index (χ2v) is 7.13. The van der Waals surface area contributed by atoms with Crippen LogP contribution in [0.1, 0.15) is 28.9 Å². The lowest BCUT2D eigenvalue weighted by molar-refractivity contribution is -0.131. The van der Waals surface area contributed by atoms with Crippen LogP contribution in [-0.2, 0) is 22.5 Å². The maximum atomic E-state index is 12.8. The molecule has 1 aromatic heterocycles. The zero-order valence-electron chi connectivity index (χ0n) is 15.8. The molecule has 1 fully saturated rings. The van der Waals surface area contributed by atoms with Crippen LogP contribution in [0.3, 0.4) is 0 Å². The van der Waals surface area contributed by atoms with Gasteiger partial charge >= 0.3 is 0 Å². The van der Waals surface area contributed by atoms with Crippen LogP contribution in [0.5, 0.6) is 0 Å². The highest BCUT2D eigenvalue weighted by Gasteiger charge is 2.29. The largest absolute Gasteiger partial charge is 0.383 e. The molecule has 28 heavy (non-hydrogen) atoms. The average molecular weight is 406 g/mol. The molecule has 150 valence electrons. The van der Waals surface area contributed by atoms with Crippen molar-refractivity contribution in [3.63, 3.8) is 0 Å². The van der Waals surface area contributed by atoms with Crippen LogP contribution in [0.25, 0.3) is 0 Å². The van der Waals surface area contributed by atoms with Gasteiger partial charge in [-0.05, 0) is 24.5 Å². The van der Waals surface area contributed by atoms with E-state index in [-0.39, 0.29) is 30.0 Å². The van der Waals surface area contributed by atoms with Crippen LogP contribution >= 0.6 is 11.6 Å². The minimum absolute atomic E-state index is 0.0288. The molecule has 0 bridgehead atoms. The van der Waals surface area contributed by atoms with Crippen molar-refractivity contribution in [1.29, 1.82) is 0 Å². The first-order valence-corrected chi connectivity index (χ1v) is 9.66. The maximum absolute atomic E-state index is 12.8. The summed E-state index contributed by atoms with van der Waals surface area (Å²) in [4.78, 5) is 26.7. The maximum Gasteiger partial charge on any atom is 0.273 e. The van der Waals surface area contributed by atoms with E-state index < -0.39 is 0 Å². The molecule has 1 N–H and O–H groups in total. The molecule has 0 spiro atoms. The van der Waals surface area contributed by atoms with Gasteiger partial charge in [-0.3, -0.25) is 9.59 Å². The first-order chi connectivity index (χ1) is 13.6. The predicted molar refractivity (Wildman–Crippen MR) is 104 cm³/mol. The van der Waals surface area contributed by atoms with Crippen molar-refractivity contribution < 1.29 is 14.3 Å². The van der Waals surface area contributed by atoms with Gasteiger partial charge in [0.2, 0.25) is 5.91 Å². The molecule has 9 heteroatoms. The SMILES string of the molecule is COCCNC(=O)c1cn(C[C@@H]2CCCN2C(=O)Cc2ccccc2Cl)nn1. The number of hydrogen-bond donors (Lipinski definition) is 1. The lowest BCUT2D eigenvalue weighted by Gasteiger charge is -2.24. The second-order valence-electron chi connectivity index (χ2n) is 6.73. The summed E-state index contributed by atoms with van der Waals surface area (Å²) in [6.07, 6.45) is 3.72. The monoisotopic (exact) mass is 405 g/mol. The topological polar surface area (TPSA) is 89.4 Å². The van der Waals surface area contributed by atoms with Crippen LogP contribution in [0, 0.1) is 0 Å². The molecule has 1 saturated heterocycles. The van der Waals surface area contributed by atoms with E-state index in [1.165, 1.54) is 0 Å². The fraction of sp³-hybridized carbons (Fsp3) is 0.474. The van der Waals surface area contributed by atoms with Gasteiger partial charge in [0.25, 0.3) is 5.91 Å². The van der Waals surface area contributed by atoms with E-state index in [9.17, 15) is 9.59 Å². The molecular weight excluding hydrogens is 382 g/mol. The normalized spacial score (nSPS) is 16.4. The van der Waals surface area contributed by atoms with Crippen molar-refractivity contribution in [1.82, 2.24) is 25.2 Å². The number of methoxy groups -OCH3 is 1. The summed E-state index contributed by atoms with van der Waals surface area (Å²) in [6.45, 7) is 2.07. The van der Waals surface area contributed by atoms with E-state index >= 15 is 0 Å². The molecule has 0 saturated carbocycles. The Morgan fingerprint density at radius 2 is 2.18 bits per heavy atom. The van der Waals surface area contributed by atoms with Crippen molar-refractivity contribution in [2.75, 3.05) is 26.8 Å². The molecule has 1 aliphatic rings. The minimum atomic E-state index is -0.290. The third kappa shape index (κ3) is 5.08. The first kappa shape index (κ1) is 20.3. The van der Waals surface area contributed by atoms with E-state index in [1.54, 1.807) is 24.1 Å². The summed E-state index contributed by atoms with van der Waals surface area (Å²) in [7, 11) is 1.57. The third-order valence-corrected chi connectivity index (χ3v) is 5.13. The number of benzene rings is 1. The van der Waals surface area contributed by atoms with Gasteiger partial charge in [0, 0.05) is 25.2 Å². The van der Waals surface area contributed by atoms with Crippen LogP contribution in [-0.4, -0.2) is 64.6 Å². The Balaban J connectivity index is 1.58. The number of carbonyl (C=O) groups excluding carboxylic acids is 2. The lowest BCUT2D eigenvalue weighted by atomic mass is 10.1. The summed E-state index contributed by atoms with van der Waals surface area (Å²) in [5.74, 6) is -0.241. The number of carbonyl (C=O) groups is 2. The Morgan fingerprint density at radius 3 is 2.96 bits per heavy atom. The van der Waals surface area contributed by atoms with Crippen molar-refractivity contribution in [2.24, 2.45) is 0 Å². The number of amides is 2. The van der Waals surface area contributed by atoms with Crippen molar-refractivity contribution in [3.05, 3.63) is 46.7 Å². The Morgan fingerprint density at radius 1 is 1.36 bits per heavy atom. The molecule has 1 aromatic carbocycles. The van der Waals surface area contributed by atoms with E-state index in [0.717, 1.165) is 18.4 Å². The summed E-state index contributed by atoms with van der Waals surface area (Å²) in [5.41, 5.74) is 1.08. The number of nitrogens with one attached hydrogen (secondary N) is 1. The molecule has 0 radical (unpaired) electrons. The quantitative estimate of drug-likeness (QED) is 0.673. The smallest absolute Gasteiger partial charge is 0.273 e. The minimum Gasteiger partial charge on any atom is -0.383 e. The number of aromatic nitrogens is 3. The summed E-state index contributed by atoms with van der Waals surface area (Å²) in [5, 5.41) is 11.3. The number of ether oxygens (including phenoxy) is 1. The van der Waals surface area contributed by atoms with Gasteiger partial charge in [-0.2, -0.15) is 0 Å². The van der Waals surface area contributed by atoms with E-state index in [2.05, 4.69) is 15.6 Å². The number of halogens is 1. The van der Waals surface area contributed by atoms with E-state index in [0.29, 0.717) is 31.3 Å². The zero-order chi connectivity index (χ0) is 19.9. The summed E-state index contributed by atoms with van der Waals surface area (Å²) in [6, 6.07) is 7.42. The van der Waals surface area contributed by atoms with Crippen LogP contribution in [0.4, 0.5) is 0 Å². The molecule has 1 aliphatic heterocycles. The van der Waals surface area contributed by atoms with Gasteiger partial charge in [0.05, 0.1) is 31.8 Å². The van der Waals surface area contributed by atoms with Gasteiger partial charge in [-0.1, -0.05) is 35.0 Å². The number of hydrogen-bond acceptors (Lipinski definition) is 5. The first-order valence-electron chi connectivity index (χ1n) is 9.28. The van der Waals surface area contributed by atoms with E-state index in [1.807, 2.05) is 23.1 Å². The fourth-order valence-electron chi connectivity index (χ4n) is 3.32. The predicted octanol–water partition coefficient (Wildman–Crippen LogP) is 1.54. The molecule has 2 heterocycles. The third-order valence-electron chi connectivity index (χ3n) is 4.76.